The maximum Gasteiger partial charge on any atom is 0.335 e. The summed E-state index contributed by atoms with van der Waals surface area (Å²) in [5.41, 5.74) is 1.48. The molecule has 5 heteroatoms. The Morgan fingerprint density at radius 3 is 2.84 bits per heavy atom. The van der Waals surface area contributed by atoms with Gasteiger partial charge in [-0.25, -0.2) is 9.18 Å². The van der Waals surface area contributed by atoms with E-state index in [4.69, 9.17) is 5.11 Å². The third-order valence-electron chi connectivity index (χ3n) is 2.74. The summed E-state index contributed by atoms with van der Waals surface area (Å²) in [6, 6.07) is 5.99. The number of thiophene rings is 1. The Morgan fingerprint density at radius 2 is 2.26 bits per heavy atom. The van der Waals surface area contributed by atoms with Crippen LogP contribution in [0.1, 0.15) is 22.8 Å². The maximum absolute atomic E-state index is 13.7. The number of hydrogen-bond donors (Lipinski definition) is 2. The van der Waals surface area contributed by atoms with Gasteiger partial charge in [0, 0.05) is 6.04 Å². The van der Waals surface area contributed by atoms with Gasteiger partial charge in [-0.05, 0) is 53.9 Å². The summed E-state index contributed by atoms with van der Waals surface area (Å²) < 4.78 is 13.7. The molecule has 3 nitrogen and oxygen atoms in total. The van der Waals surface area contributed by atoms with Crippen LogP contribution in [0, 0.1) is 5.82 Å². The fourth-order valence-corrected chi connectivity index (χ4v) is 2.53. The molecule has 0 saturated heterocycles. The zero-order valence-corrected chi connectivity index (χ0v) is 11.2. The van der Waals surface area contributed by atoms with Crippen molar-refractivity contribution >= 4 is 23.0 Å². The number of carboxylic acid groups (broad SMARTS) is 1. The molecule has 0 bridgehead atoms. The van der Waals surface area contributed by atoms with Gasteiger partial charge in [0.1, 0.15) is 5.82 Å². The van der Waals surface area contributed by atoms with Crippen LogP contribution in [0.3, 0.4) is 0 Å². The molecular weight excluding hydrogens is 265 g/mol. The first-order chi connectivity index (χ1) is 9.06. The summed E-state index contributed by atoms with van der Waals surface area (Å²) >= 11 is 1.63. The summed E-state index contributed by atoms with van der Waals surface area (Å²) in [5, 5.41) is 15.9. The number of halogens is 1. The minimum Gasteiger partial charge on any atom is -0.478 e. The number of benzene rings is 1. The van der Waals surface area contributed by atoms with Crippen molar-refractivity contribution in [3.8, 4) is 0 Å². The van der Waals surface area contributed by atoms with Crippen LogP contribution in [0.5, 0.6) is 0 Å². The van der Waals surface area contributed by atoms with Gasteiger partial charge in [-0.3, -0.25) is 0 Å². The van der Waals surface area contributed by atoms with Crippen molar-refractivity contribution in [2.45, 2.75) is 19.4 Å². The third-order valence-corrected chi connectivity index (χ3v) is 3.47. The number of nitrogens with one attached hydrogen (secondary N) is 1. The topological polar surface area (TPSA) is 49.3 Å². The van der Waals surface area contributed by atoms with Gasteiger partial charge in [-0.15, -0.1) is 0 Å². The monoisotopic (exact) mass is 279 g/mol. The van der Waals surface area contributed by atoms with Gasteiger partial charge in [-0.2, -0.15) is 11.3 Å². The molecule has 0 aliphatic rings. The van der Waals surface area contributed by atoms with Crippen LogP contribution < -0.4 is 5.32 Å². The highest BCUT2D eigenvalue weighted by molar-refractivity contribution is 7.07. The predicted molar refractivity (Wildman–Crippen MR) is 74.5 cm³/mol. The van der Waals surface area contributed by atoms with E-state index >= 15 is 0 Å². The molecule has 1 unspecified atom stereocenters. The van der Waals surface area contributed by atoms with E-state index in [0.717, 1.165) is 12.5 Å². The normalized spacial score (nSPS) is 12.1. The van der Waals surface area contributed by atoms with Crippen molar-refractivity contribution in [1.29, 1.82) is 0 Å². The van der Waals surface area contributed by atoms with E-state index in [-0.39, 0.29) is 11.6 Å². The Labute approximate surface area is 114 Å². The molecule has 2 rings (SSSR count). The number of carbonyl (C=O) groups is 1. The van der Waals surface area contributed by atoms with Crippen molar-refractivity contribution < 1.29 is 14.3 Å². The van der Waals surface area contributed by atoms with Crippen molar-refractivity contribution in [3.63, 3.8) is 0 Å². The third kappa shape index (κ3) is 3.54. The molecule has 0 aliphatic carbocycles. The lowest BCUT2D eigenvalue weighted by Gasteiger charge is -2.15. The molecule has 2 aromatic rings. The number of hydrogen-bond acceptors (Lipinski definition) is 3. The highest BCUT2D eigenvalue weighted by atomic mass is 32.1. The second-order valence-corrected chi connectivity index (χ2v) is 5.16. The van der Waals surface area contributed by atoms with Crippen LogP contribution in [-0.4, -0.2) is 17.1 Å². The van der Waals surface area contributed by atoms with E-state index in [0.29, 0.717) is 5.69 Å². The van der Waals surface area contributed by atoms with Crippen LogP contribution in [0.4, 0.5) is 10.1 Å². The van der Waals surface area contributed by atoms with E-state index in [2.05, 4.69) is 10.7 Å². The molecule has 19 heavy (non-hydrogen) atoms. The molecule has 0 saturated carbocycles. The van der Waals surface area contributed by atoms with E-state index < -0.39 is 11.8 Å². The van der Waals surface area contributed by atoms with E-state index in [1.54, 1.807) is 11.3 Å². The quantitative estimate of drug-likeness (QED) is 0.878. The Kier molecular flexibility index (Phi) is 4.16. The van der Waals surface area contributed by atoms with Gasteiger partial charge >= 0.3 is 5.97 Å². The lowest BCUT2D eigenvalue weighted by atomic mass is 10.1. The first-order valence-electron chi connectivity index (χ1n) is 5.86. The van der Waals surface area contributed by atoms with Gasteiger partial charge in [0.15, 0.2) is 0 Å². The molecule has 1 atom stereocenters. The molecule has 0 radical (unpaired) electrons. The van der Waals surface area contributed by atoms with Gasteiger partial charge < -0.3 is 10.4 Å². The summed E-state index contributed by atoms with van der Waals surface area (Å²) in [6.45, 7) is 1.96. The van der Waals surface area contributed by atoms with Crippen LogP contribution in [-0.2, 0) is 6.42 Å². The van der Waals surface area contributed by atoms with E-state index in [1.165, 1.54) is 17.7 Å². The molecule has 0 fully saturated rings. The van der Waals surface area contributed by atoms with Gasteiger partial charge in [-0.1, -0.05) is 0 Å². The summed E-state index contributed by atoms with van der Waals surface area (Å²) in [4.78, 5) is 10.7. The zero-order chi connectivity index (χ0) is 13.8. The fraction of sp³-hybridized carbons (Fsp3) is 0.214. The Bertz CT molecular complexity index is 569. The van der Waals surface area contributed by atoms with Crippen LogP contribution in [0.15, 0.2) is 35.0 Å². The zero-order valence-electron chi connectivity index (χ0n) is 10.4. The number of aromatic carboxylic acids is 1. The largest absolute Gasteiger partial charge is 0.478 e. The van der Waals surface area contributed by atoms with Gasteiger partial charge in [0.25, 0.3) is 0 Å². The second-order valence-electron chi connectivity index (χ2n) is 4.38. The molecule has 0 spiro atoms. The van der Waals surface area contributed by atoms with E-state index in [9.17, 15) is 9.18 Å². The van der Waals surface area contributed by atoms with Crippen LogP contribution >= 0.6 is 11.3 Å². The Hall–Kier alpha value is -1.88. The Morgan fingerprint density at radius 1 is 1.47 bits per heavy atom. The second kappa shape index (κ2) is 5.84. The van der Waals surface area contributed by atoms with E-state index in [1.807, 2.05) is 18.4 Å². The smallest absolute Gasteiger partial charge is 0.335 e. The summed E-state index contributed by atoms with van der Waals surface area (Å²) in [5.74, 6) is -1.67. The van der Waals surface area contributed by atoms with Crippen LogP contribution in [0.25, 0.3) is 0 Å². The molecule has 100 valence electrons. The fourth-order valence-electron chi connectivity index (χ4n) is 1.84. The van der Waals surface area contributed by atoms with Crippen molar-refractivity contribution in [1.82, 2.24) is 0 Å². The van der Waals surface area contributed by atoms with Crippen LogP contribution in [0.2, 0.25) is 0 Å². The lowest BCUT2D eigenvalue weighted by Crippen LogP contribution is -2.18. The molecule has 2 N–H and O–H groups in total. The minimum atomic E-state index is -1.13. The first kappa shape index (κ1) is 13.5. The molecular formula is C14H14FNO2S. The highest BCUT2D eigenvalue weighted by Gasteiger charge is 2.10. The number of rotatable bonds is 5. The summed E-state index contributed by atoms with van der Waals surface area (Å²) in [7, 11) is 0. The van der Waals surface area contributed by atoms with Crippen molar-refractivity contribution in [3.05, 3.63) is 52.0 Å². The molecule has 1 aromatic carbocycles. The SMILES string of the molecule is CC(Cc1ccsc1)Nc1ccc(C(=O)O)cc1F. The minimum absolute atomic E-state index is 0.0477. The molecule has 0 amide bonds. The molecule has 1 aromatic heterocycles. The predicted octanol–water partition coefficient (Wildman–Crippen LogP) is 3.63. The van der Waals surface area contributed by atoms with Crippen molar-refractivity contribution in [2.75, 3.05) is 5.32 Å². The Balaban J connectivity index is 2.04. The maximum atomic E-state index is 13.7. The standard InChI is InChI=1S/C14H14FNO2S/c1-9(6-10-4-5-19-8-10)16-13-3-2-11(14(17)18)7-12(13)15/h2-5,7-9,16H,6H2,1H3,(H,17,18). The van der Waals surface area contributed by atoms with Gasteiger partial charge in [0.2, 0.25) is 0 Å². The number of carboxylic acids is 1. The average molecular weight is 279 g/mol. The van der Waals surface area contributed by atoms with Crippen molar-refractivity contribution in [2.24, 2.45) is 0 Å². The average Bonchev–Trinajstić information content (AvgIpc) is 2.84. The summed E-state index contributed by atoms with van der Waals surface area (Å²) in [6.07, 6.45) is 0.795. The first-order valence-corrected chi connectivity index (χ1v) is 6.81. The molecule has 0 aliphatic heterocycles. The number of anilines is 1. The molecule has 1 heterocycles. The highest BCUT2D eigenvalue weighted by Crippen LogP contribution is 2.18. The van der Waals surface area contributed by atoms with Gasteiger partial charge in [0.05, 0.1) is 11.3 Å². The lowest BCUT2D eigenvalue weighted by molar-refractivity contribution is 0.0696.